The molecule has 0 aromatic carbocycles. The van der Waals surface area contributed by atoms with E-state index in [2.05, 4.69) is 41.4 Å². The van der Waals surface area contributed by atoms with Gasteiger partial charge < -0.3 is 10.6 Å². The van der Waals surface area contributed by atoms with Crippen LogP contribution in [0.25, 0.3) is 0 Å². The molecule has 2 N–H and O–H groups in total. The van der Waals surface area contributed by atoms with E-state index in [0.29, 0.717) is 6.04 Å². The Morgan fingerprint density at radius 1 is 1.30 bits per heavy atom. The summed E-state index contributed by atoms with van der Waals surface area (Å²) in [6.07, 6.45) is 9.84. The molecule has 112 valence electrons. The normalized spacial score (nSPS) is 17.8. The highest BCUT2D eigenvalue weighted by Gasteiger charge is 2.20. The van der Waals surface area contributed by atoms with E-state index in [9.17, 15) is 0 Å². The molecule has 1 aromatic heterocycles. The van der Waals surface area contributed by atoms with Crippen LogP contribution in [0.2, 0.25) is 0 Å². The Bertz CT molecular complexity index is 413. The van der Waals surface area contributed by atoms with Crippen molar-refractivity contribution in [1.29, 1.82) is 0 Å². The zero-order valence-corrected chi connectivity index (χ0v) is 13.1. The molecule has 20 heavy (non-hydrogen) atoms. The van der Waals surface area contributed by atoms with Gasteiger partial charge in [0.25, 0.3) is 0 Å². The number of aromatic nitrogens is 2. The molecule has 0 amide bonds. The summed E-state index contributed by atoms with van der Waals surface area (Å²) in [6.45, 7) is 7.42. The minimum Gasteiger partial charge on any atom is -0.367 e. The predicted octanol–water partition coefficient (Wildman–Crippen LogP) is 3.99. The third-order valence-corrected chi connectivity index (χ3v) is 4.23. The van der Waals surface area contributed by atoms with Crippen LogP contribution >= 0.6 is 0 Å². The van der Waals surface area contributed by atoms with Gasteiger partial charge in [0.1, 0.15) is 5.82 Å². The van der Waals surface area contributed by atoms with Crippen molar-refractivity contribution in [3.05, 3.63) is 11.8 Å². The fourth-order valence-corrected chi connectivity index (χ4v) is 2.88. The average molecular weight is 276 g/mol. The molecule has 0 spiro atoms. The van der Waals surface area contributed by atoms with Crippen LogP contribution in [0.1, 0.15) is 57.9 Å². The number of hydrogen-bond donors (Lipinski definition) is 2. The van der Waals surface area contributed by atoms with Crippen molar-refractivity contribution in [2.75, 3.05) is 17.2 Å². The Labute approximate surface area is 122 Å². The second kappa shape index (κ2) is 7.46. The Hall–Kier alpha value is -1.32. The summed E-state index contributed by atoms with van der Waals surface area (Å²) in [5, 5.41) is 6.86. The first-order valence-electron chi connectivity index (χ1n) is 8.04. The largest absolute Gasteiger partial charge is 0.367 e. The van der Waals surface area contributed by atoms with Crippen molar-refractivity contribution < 1.29 is 0 Å². The number of aryl methyl sites for hydroxylation is 1. The molecule has 1 saturated carbocycles. The van der Waals surface area contributed by atoms with Gasteiger partial charge in [-0.3, -0.25) is 0 Å². The van der Waals surface area contributed by atoms with E-state index in [1.165, 1.54) is 32.1 Å². The van der Waals surface area contributed by atoms with Crippen molar-refractivity contribution in [3.63, 3.8) is 0 Å². The van der Waals surface area contributed by atoms with Gasteiger partial charge in [0.15, 0.2) is 0 Å². The lowest BCUT2D eigenvalue weighted by molar-refractivity contribution is 0.328. The second-order valence-corrected chi connectivity index (χ2v) is 5.98. The molecular formula is C16H28N4. The maximum absolute atomic E-state index is 4.61. The van der Waals surface area contributed by atoms with Crippen molar-refractivity contribution in [2.24, 2.45) is 5.92 Å². The van der Waals surface area contributed by atoms with Gasteiger partial charge in [-0.1, -0.05) is 26.2 Å². The summed E-state index contributed by atoms with van der Waals surface area (Å²) in [5.41, 5.74) is 1.12. The standard InChI is InChI=1S/C16H28N4/c1-4-10-17-16-18-11-12(2)15(20-16)19-13(3)14-8-6-5-7-9-14/h11,13-14H,4-10H2,1-3H3,(H2,17,18,19,20). The van der Waals surface area contributed by atoms with Crippen LogP contribution in [-0.2, 0) is 0 Å². The Morgan fingerprint density at radius 2 is 2.05 bits per heavy atom. The van der Waals surface area contributed by atoms with Gasteiger partial charge in [0, 0.05) is 24.3 Å². The number of anilines is 2. The molecule has 1 heterocycles. The summed E-state index contributed by atoms with van der Waals surface area (Å²) < 4.78 is 0. The fraction of sp³-hybridized carbons (Fsp3) is 0.750. The number of rotatable bonds is 6. The summed E-state index contributed by atoms with van der Waals surface area (Å²) in [4.78, 5) is 8.95. The van der Waals surface area contributed by atoms with Crippen LogP contribution in [0.15, 0.2) is 6.20 Å². The van der Waals surface area contributed by atoms with Crippen LogP contribution in [-0.4, -0.2) is 22.6 Å². The molecular weight excluding hydrogens is 248 g/mol. The highest BCUT2D eigenvalue weighted by molar-refractivity contribution is 5.47. The van der Waals surface area contributed by atoms with Gasteiger partial charge in [0.05, 0.1) is 0 Å². The van der Waals surface area contributed by atoms with E-state index in [1.807, 2.05) is 6.20 Å². The summed E-state index contributed by atoms with van der Waals surface area (Å²) in [7, 11) is 0. The van der Waals surface area contributed by atoms with E-state index < -0.39 is 0 Å². The van der Waals surface area contributed by atoms with Crippen molar-refractivity contribution in [3.8, 4) is 0 Å². The van der Waals surface area contributed by atoms with Gasteiger partial charge in [0.2, 0.25) is 5.95 Å². The SMILES string of the molecule is CCCNc1ncc(C)c(NC(C)C2CCCCC2)n1. The first-order valence-corrected chi connectivity index (χ1v) is 8.04. The minimum absolute atomic E-state index is 0.489. The predicted molar refractivity (Wildman–Crippen MR) is 85.2 cm³/mol. The second-order valence-electron chi connectivity index (χ2n) is 5.98. The molecule has 4 nitrogen and oxygen atoms in total. The lowest BCUT2D eigenvalue weighted by atomic mass is 9.84. The van der Waals surface area contributed by atoms with Gasteiger partial charge >= 0.3 is 0 Å². The van der Waals surface area contributed by atoms with E-state index in [1.54, 1.807) is 0 Å². The van der Waals surface area contributed by atoms with Crippen LogP contribution in [0, 0.1) is 12.8 Å². The first kappa shape index (κ1) is 15.1. The van der Waals surface area contributed by atoms with E-state index in [-0.39, 0.29) is 0 Å². The highest BCUT2D eigenvalue weighted by Crippen LogP contribution is 2.28. The molecule has 1 aliphatic carbocycles. The van der Waals surface area contributed by atoms with Gasteiger partial charge in [-0.05, 0) is 39.0 Å². The zero-order chi connectivity index (χ0) is 14.4. The quantitative estimate of drug-likeness (QED) is 0.825. The van der Waals surface area contributed by atoms with Crippen LogP contribution in [0.3, 0.4) is 0 Å². The molecule has 0 radical (unpaired) electrons. The number of nitrogens with zero attached hydrogens (tertiary/aromatic N) is 2. The third kappa shape index (κ3) is 4.09. The lowest BCUT2D eigenvalue weighted by Crippen LogP contribution is -2.28. The molecule has 2 rings (SSSR count). The summed E-state index contributed by atoms with van der Waals surface area (Å²) in [6, 6.07) is 0.489. The smallest absolute Gasteiger partial charge is 0.224 e. The van der Waals surface area contributed by atoms with Crippen molar-refractivity contribution in [1.82, 2.24) is 9.97 Å². The average Bonchev–Trinajstić information content (AvgIpc) is 2.49. The molecule has 1 atom stereocenters. The molecule has 0 bridgehead atoms. The van der Waals surface area contributed by atoms with Crippen molar-refractivity contribution in [2.45, 2.75) is 65.3 Å². The molecule has 0 aliphatic heterocycles. The van der Waals surface area contributed by atoms with E-state index >= 15 is 0 Å². The molecule has 4 heteroatoms. The van der Waals surface area contributed by atoms with Crippen molar-refractivity contribution >= 4 is 11.8 Å². The van der Waals surface area contributed by atoms with Crippen LogP contribution < -0.4 is 10.6 Å². The van der Waals surface area contributed by atoms with Gasteiger partial charge in [-0.15, -0.1) is 0 Å². The number of hydrogen-bond acceptors (Lipinski definition) is 4. The van der Waals surface area contributed by atoms with E-state index in [0.717, 1.165) is 36.2 Å². The number of nitrogens with one attached hydrogen (secondary N) is 2. The monoisotopic (exact) mass is 276 g/mol. The highest BCUT2D eigenvalue weighted by atomic mass is 15.1. The summed E-state index contributed by atoms with van der Waals surface area (Å²) >= 11 is 0. The van der Waals surface area contributed by atoms with Crippen LogP contribution in [0.4, 0.5) is 11.8 Å². The molecule has 1 fully saturated rings. The first-order chi connectivity index (χ1) is 9.70. The molecule has 1 aliphatic rings. The Kier molecular flexibility index (Phi) is 5.62. The van der Waals surface area contributed by atoms with Crippen LogP contribution in [0.5, 0.6) is 0 Å². The van der Waals surface area contributed by atoms with Gasteiger partial charge in [-0.25, -0.2) is 4.98 Å². The molecule has 1 unspecified atom stereocenters. The fourth-order valence-electron chi connectivity index (χ4n) is 2.88. The maximum atomic E-state index is 4.61. The zero-order valence-electron chi connectivity index (χ0n) is 13.1. The minimum atomic E-state index is 0.489. The third-order valence-electron chi connectivity index (χ3n) is 4.23. The summed E-state index contributed by atoms with van der Waals surface area (Å²) in [5.74, 6) is 2.50. The Balaban J connectivity index is 1.99. The topological polar surface area (TPSA) is 49.8 Å². The maximum Gasteiger partial charge on any atom is 0.224 e. The van der Waals surface area contributed by atoms with E-state index in [4.69, 9.17) is 0 Å². The van der Waals surface area contributed by atoms with Gasteiger partial charge in [-0.2, -0.15) is 4.98 Å². The molecule has 1 aromatic rings. The lowest BCUT2D eigenvalue weighted by Gasteiger charge is -2.29. The Morgan fingerprint density at radius 3 is 2.75 bits per heavy atom. The molecule has 0 saturated heterocycles.